The van der Waals surface area contributed by atoms with E-state index in [1.54, 1.807) is 12.1 Å². The molecular weight excluding hydrogens is 265 g/mol. The van der Waals surface area contributed by atoms with Crippen molar-refractivity contribution in [3.8, 4) is 0 Å². The molecule has 0 saturated carbocycles. The zero-order valence-corrected chi connectivity index (χ0v) is 12.2. The van der Waals surface area contributed by atoms with E-state index in [9.17, 15) is 10.0 Å². The molecule has 86 valence electrons. The Kier molecular flexibility index (Phi) is 10.3. The normalized spacial score (nSPS) is 10.3. The van der Waals surface area contributed by atoms with Crippen LogP contribution in [0.4, 0.5) is 5.69 Å². The molecule has 3 N–H and O–H groups in total. The van der Waals surface area contributed by atoms with E-state index in [2.05, 4.69) is 4.74 Å². The first-order valence-electron chi connectivity index (χ1n) is 4.07. The molecule has 0 aliphatic carbocycles. The van der Waals surface area contributed by atoms with Crippen molar-refractivity contribution in [1.29, 1.82) is 0 Å². The van der Waals surface area contributed by atoms with E-state index in [-0.39, 0.29) is 30.7 Å². The predicted octanol–water partition coefficient (Wildman–Crippen LogP) is 0.543. The van der Waals surface area contributed by atoms with Crippen LogP contribution in [-0.4, -0.2) is 25.3 Å². The summed E-state index contributed by atoms with van der Waals surface area (Å²) in [7, 11) is 2.46. The van der Waals surface area contributed by atoms with Gasteiger partial charge in [-0.25, -0.2) is 10.0 Å². The first kappa shape index (κ1) is 17.5. The Morgan fingerprint density at radius 2 is 1.94 bits per heavy atom. The van der Waals surface area contributed by atoms with Crippen LogP contribution < -0.4 is 5.23 Å². The van der Waals surface area contributed by atoms with E-state index in [4.69, 9.17) is 10.9 Å². The van der Waals surface area contributed by atoms with Crippen LogP contribution in [0.3, 0.4) is 0 Å². The summed E-state index contributed by atoms with van der Waals surface area (Å²) in [6.07, 6.45) is 0. The topological polar surface area (TPSA) is 97.8 Å². The first-order chi connectivity index (χ1) is 7.16. The first-order valence-corrected chi connectivity index (χ1v) is 4.07. The number of nitrogens with one attached hydrogen (secondary N) is 2. The van der Waals surface area contributed by atoms with Gasteiger partial charge in [0.15, 0.2) is 5.69 Å². The Balaban J connectivity index is 0. The van der Waals surface area contributed by atoms with E-state index < -0.39 is 11.2 Å². The molecule has 1 aromatic rings. The van der Waals surface area contributed by atoms with Crippen LogP contribution in [0.5, 0.6) is 0 Å². The number of para-hydroxylation sites is 1. The Hall–Kier alpha value is -0.847. The number of methoxy groups -OCH3 is 1. The van der Waals surface area contributed by atoms with Crippen LogP contribution in [0.1, 0.15) is 10.4 Å². The van der Waals surface area contributed by atoms with Gasteiger partial charge in [0.2, 0.25) is 0 Å². The van der Waals surface area contributed by atoms with Gasteiger partial charge < -0.3 is 15.7 Å². The zero-order valence-electron chi connectivity index (χ0n) is 9.19. The molecule has 0 aliphatic heterocycles. The summed E-state index contributed by atoms with van der Waals surface area (Å²) in [5.74, 6) is -0.641. The van der Waals surface area contributed by atoms with Gasteiger partial charge in [-0.05, 0) is 6.07 Å². The molecule has 1 atom stereocenters. The molecule has 1 aromatic carbocycles. The van der Waals surface area contributed by atoms with Gasteiger partial charge in [0.05, 0.1) is 7.11 Å². The Labute approximate surface area is 106 Å². The minimum Gasteiger partial charge on any atom is -0.680 e. The molecule has 0 heterocycles. The molecule has 0 saturated heterocycles. The van der Waals surface area contributed by atoms with Gasteiger partial charge in [0, 0.05) is 25.5 Å². The summed E-state index contributed by atoms with van der Waals surface area (Å²) in [6.45, 7) is 0. The van der Waals surface area contributed by atoms with E-state index in [1.165, 1.54) is 26.3 Å². The summed E-state index contributed by atoms with van der Waals surface area (Å²) in [4.78, 5) is 11.1. The standard InChI is InChI=1S/C8H9NO4.CH4N.Zn/c1-13-8(10)6-4-2-3-5-7(6)9(11)12;1-2;/h2-5,9,11H,1H3;2H,1H3;/q;-1;. The van der Waals surface area contributed by atoms with Crippen molar-refractivity contribution in [1.82, 2.24) is 0 Å². The molecule has 0 aromatic heterocycles. The second-order valence-corrected chi connectivity index (χ2v) is 2.34. The van der Waals surface area contributed by atoms with E-state index >= 15 is 0 Å². The van der Waals surface area contributed by atoms with Gasteiger partial charge in [-0.3, -0.25) is 0 Å². The molecule has 0 fully saturated rings. The van der Waals surface area contributed by atoms with Gasteiger partial charge in [-0.15, -0.1) is 0 Å². The number of benzene rings is 1. The molecule has 16 heavy (non-hydrogen) atoms. The van der Waals surface area contributed by atoms with E-state index in [1.807, 2.05) is 0 Å². The van der Waals surface area contributed by atoms with Gasteiger partial charge >= 0.3 is 5.97 Å². The summed E-state index contributed by atoms with van der Waals surface area (Å²) in [5.41, 5.74) is 5.77. The fraction of sp³-hybridized carbons (Fsp3) is 0.222. The second kappa shape index (κ2) is 9.38. The Bertz CT molecular complexity index is 320. The van der Waals surface area contributed by atoms with Crippen molar-refractivity contribution >= 4 is 11.7 Å². The minimum absolute atomic E-state index is 0. The molecule has 1 rings (SSSR count). The average Bonchev–Trinajstić information content (AvgIpc) is 2.30. The third-order valence-electron chi connectivity index (χ3n) is 1.56. The van der Waals surface area contributed by atoms with Crippen LogP contribution in [0, 0.1) is 5.21 Å². The van der Waals surface area contributed by atoms with Crippen LogP contribution in [0.25, 0.3) is 5.73 Å². The molecule has 0 radical (unpaired) electrons. The minimum atomic E-state index is -1.14. The van der Waals surface area contributed by atoms with Gasteiger partial charge in [-0.2, -0.15) is 12.3 Å². The van der Waals surface area contributed by atoms with Crippen molar-refractivity contribution in [2.75, 3.05) is 14.2 Å². The van der Waals surface area contributed by atoms with Crippen molar-refractivity contribution < 1.29 is 39.4 Å². The number of carbonyl (C=O) groups excluding carboxylic acids is 1. The Morgan fingerprint density at radius 1 is 1.44 bits per heavy atom. The van der Waals surface area contributed by atoms with E-state index in [0.717, 1.165) is 0 Å². The number of carbonyl (C=O) groups is 1. The average molecular weight is 279 g/mol. The zero-order chi connectivity index (χ0) is 11.8. The maximum Gasteiger partial charge on any atom is 0.344 e. The van der Waals surface area contributed by atoms with Crippen LogP contribution in [-0.2, 0) is 24.2 Å². The number of hydrogen-bond donors (Lipinski definition) is 2. The van der Waals surface area contributed by atoms with Crippen molar-refractivity contribution in [3.63, 3.8) is 0 Å². The monoisotopic (exact) mass is 277 g/mol. The van der Waals surface area contributed by atoms with E-state index in [0.29, 0.717) is 0 Å². The molecule has 7 heteroatoms. The molecule has 6 nitrogen and oxygen atoms in total. The van der Waals surface area contributed by atoms with Crippen molar-refractivity contribution in [3.05, 3.63) is 40.8 Å². The fourth-order valence-electron chi connectivity index (χ4n) is 0.958. The van der Waals surface area contributed by atoms with Crippen molar-refractivity contribution in [2.24, 2.45) is 0 Å². The van der Waals surface area contributed by atoms with Crippen molar-refractivity contribution in [2.45, 2.75) is 0 Å². The van der Waals surface area contributed by atoms with Crippen LogP contribution in [0.2, 0.25) is 0 Å². The number of rotatable bonds is 2. The maximum absolute atomic E-state index is 11.1. The third-order valence-corrected chi connectivity index (χ3v) is 1.56. The number of esters is 1. The van der Waals surface area contributed by atoms with Gasteiger partial charge in [0.25, 0.3) is 0 Å². The van der Waals surface area contributed by atoms with Crippen LogP contribution in [0.15, 0.2) is 24.3 Å². The quantitative estimate of drug-likeness (QED) is 0.469. The smallest absolute Gasteiger partial charge is 0.344 e. The molecule has 1 unspecified atom stereocenters. The molecule has 0 amide bonds. The second-order valence-electron chi connectivity index (χ2n) is 2.34. The number of quaternary nitrogens is 1. The molecule has 0 aliphatic rings. The SMILES string of the molecule is COC(=O)c1ccccc1[NH+]([O-])O.C[NH-].[Zn]. The largest absolute Gasteiger partial charge is 0.680 e. The van der Waals surface area contributed by atoms with Gasteiger partial charge in [0.1, 0.15) is 5.56 Å². The summed E-state index contributed by atoms with van der Waals surface area (Å²) in [6, 6.07) is 5.90. The Morgan fingerprint density at radius 3 is 2.38 bits per heavy atom. The van der Waals surface area contributed by atoms with Gasteiger partial charge in [-0.1, -0.05) is 12.1 Å². The molecular formula is C9H13N2O4Zn-. The van der Waals surface area contributed by atoms with Crippen LogP contribution >= 0.6 is 0 Å². The number of ether oxygens (including phenoxy) is 1. The fourth-order valence-corrected chi connectivity index (χ4v) is 0.958. The summed E-state index contributed by atoms with van der Waals surface area (Å²) < 4.78 is 4.42. The summed E-state index contributed by atoms with van der Waals surface area (Å²) in [5, 5.41) is 18.2. The summed E-state index contributed by atoms with van der Waals surface area (Å²) >= 11 is 0. The molecule has 0 spiro atoms. The third kappa shape index (κ3) is 4.78. The predicted molar refractivity (Wildman–Crippen MR) is 53.8 cm³/mol. The molecule has 0 bridgehead atoms. The maximum atomic E-state index is 11.1. The number of hydrogen-bond acceptors (Lipinski definition) is 4.